The molecule has 0 atom stereocenters. The largest absolute Gasteiger partial charge is 0.356 e. The Hall–Kier alpha value is -1.72. The normalized spacial score (nSPS) is 10.9. The van der Waals surface area contributed by atoms with E-state index in [0.29, 0.717) is 6.42 Å². The van der Waals surface area contributed by atoms with Crippen LogP contribution in [0.4, 0.5) is 0 Å². The van der Waals surface area contributed by atoms with Crippen LogP contribution in [0, 0.1) is 0 Å². The number of thiazole rings is 1. The van der Waals surface area contributed by atoms with Crippen LogP contribution in [0.1, 0.15) is 23.4 Å². The Kier molecular flexibility index (Phi) is 5.19. The Balaban J connectivity index is 1.37. The van der Waals surface area contributed by atoms with Crippen molar-refractivity contribution in [1.82, 2.24) is 10.3 Å². The fourth-order valence-corrected chi connectivity index (χ4v) is 3.99. The zero-order chi connectivity index (χ0) is 15.2. The Bertz CT molecular complexity index is 701. The van der Waals surface area contributed by atoms with Crippen molar-refractivity contribution in [2.24, 2.45) is 0 Å². The number of hydrogen-bond donors (Lipinski definition) is 1. The summed E-state index contributed by atoms with van der Waals surface area (Å²) < 4.78 is 1.23. The van der Waals surface area contributed by atoms with Crippen molar-refractivity contribution >= 4 is 38.8 Å². The van der Waals surface area contributed by atoms with E-state index in [0.717, 1.165) is 36.3 Å². The number of rotatable bonds is 7. The van der Waals surface area contributed by atoms with E-state index in [2.05, 4.69) is 27.8 Å². The molecule has 0 spiro atoms. The Morgan fingerprint density at radius 3 is 2.91 bits per heavy atom. The molecule has 1 aromatic carbocycles. The van der Waals surface area contributed by atoms with Gasteiger partial charge in [-0.2, -0.15) is 11.3 Å². The van der Waals surface area contributed by atoms with Crippen molar-refractivity contribution in [2.45, 2.75) is 25.7 Å². The zero-order valence-electron chi connectivity index (χ0n) is 12.2. The molecule has 1 amide bonds. The van der Waals surface area contributed by atoms with E-state index < -0.39 is 0 Å². The summed E-state index contributed by atoms with van der Waals surface area (Å²) in [6, 6.07) is 10.3. The lowest BCUT2D eigenvalue weighted by Crippen LogP contribution is -2.24. The zero-order valence-corrected chi connectivity index (χ0v) is 13.9. The molecular formula is C17H18N2OS2. The summed E-state index contributed by atoms with van der Waals surface area (Å²) in [6.07, 6.45) is 3.25. The minimum atomic E-state index is 0.135. The molecule has 0 bridgehead atoms. The number of benzene rings is 1. The van der Waals surface area contributed by atoms with Crippen molar-refractivity contribution in [3.8, 4) is 0 Å². The molecule has 3 rings (SSSR count). The van der Waals surface area contributed by atoms with Gasteiger partial charge in [0.1, 0.15) is 0 Å². The van der Waals surface area contributed by atoms with Gasteiger partial charge in [0.05, 0.1) is 15.2 Å². The summed E-state index contributed by atoms with van der Waals surface area (Å²) in [5.74, 6) is 0.135. The number of amides is 1. The van der Waals surface area contributed by atoms with Crippen LogP contribution in [0.5, 0.6) is 0 Å². The Labute approximate surface area is 138 Å². The molecule has 5 heteroatoms. The number of carbonyl (C=O) groups excluding carboxylic acids is 1. The third kappa shape index (κ3) is 4.15. The first-order valence-corrected chi connectivity index (χ1v) is 9.19. The van der Waals surface area contributed by atoms with Crippen LogP contribution in [0.2, 0.25) is 0 Å². The van der Waals surface area contributed by atoms with Gasteiger partial charge < -0.3 is 5.32 Å². The molecule has 0 saturated carbocycles. The number of carbonyl (C=O) groups is 1. The van der Waals surface area contributed by atoms with Gasteiger partial charge in [-0.25, -0.2) is 4.98 Å². The molecule has 22 heavy (non-hydrogen) atoms. The quantitative estimate of drug-likeness (QED) is 0.664. The molecule has 2 aromatic heterocycles. The molecule has 114 valence electrons. The number of nitrogens with one attached hydrogen (secondary N) is 1. The third-order valence-electron chi connectivity index (χ3n) is 3.45. The second kappa shape index (κ2) is 7.51. The number of thiophene rings is 1. The van der Waals surface area contributed by atoms with E-state index in [1.807, 2.05) is 23.6 Å². The van der Waals surface area contributed by atoms with Crippen molar-refractivity contribution in [2.75, 3.05) is 6.54 Å². The maximum atomic E-state index is 11.8. The van der Waals surface area contributed by atoms with Crippen molar-refractivity contribution < 1.29 is 4.79 Å². The molecule has 0 aliphatic rings. The molecule has 3 nitrogen and oxygen atoms in total. The SMILES string of the molecule is O=C(CCc1ccsc1)NCCCc1nc2ccccc2s1. The van der Waals surface area contributed by atoms with Gasteiger partial charge in [-0.3, -0.25) is 4.79 Å². The van der Waals surface area contributed by atoms with E-state index >= 15 is 0 Å². The van der Waals surface area contributed by atoms with Crippen LogP contribution in [-0.4, -0.2) is 17.4 Å². The van der Waals surface area contributed by atoms with Crippen LogP contribution in [0.3, 0.4) is 0 Å². The fraction of sp³-hybridized carbons (Fsp3) is 0.294. The molecule has 0 unspecified atom stereocenters. The van der Waals surface area contributed by atoms with Gasteiger partial charge >= 0.3 is 0 Å². The second-order valence-corrected chi connectivity index (χ2v) is 7.06. The van der Waals surface area contributed by atoms with Crippen molar-refractivity contribution in [1.29, 1.82) is 0 Å². The maximum Gasteiger partial charge on any atom is 0.220 e. The van der Waals surface area contributed by atoms with Gasteiger partial charge in [0.25, 0.3) is 0 Å². The average molecular weight is 330 g/mol. The Morgan fingerprint density at radius 1 is 1.18 bits per heavy atom. The number of para-hydroxylation sites is 1. The second-order valence-electron chi connectivity index (χ2n) is 5.16. The van der Waals surface area contributed by atoms with Gasteiger partial charge in [-0.15, -0.1) is 11.3 Å². The minimum absolute atomic E-state index is 0.135. The number of aryl methyl sites for hydroxylation is 2. The van der Waals surface area contributed by atoms with Crippen molar-refractivity contribution in [3.05, 3.63) is 51.7 Å². The summed E-state index contributed by atoms with van der Waals surface area (Å²) in [5.41, 5.74) is 2.32. The monoisotopic (exact) mass is 330 g/mol. The summed E-state index contributed by atoms with van der Waals surface area (Å²) in [7, 11) is 0. The standard InChI is InChI=1S/C17H18N2OS2/c20-16(8-7-13-9-11-21-12-13)18-10-3-6-17-19-14-4-1-2-5-15(14)22-17/h1-2,4-5,9,11-12H,3,6-8,10H2,(H,18,20). The molecule has 3 aromatic rings. The van der Waals surface area contributed by atoms with Crippen LogP contribution >= 0.6 is 22.7 Å². The summed E-state index contributed by atoms with van der Waals surface area (Å²) in [6.45, 7) is 0.721. The summed E-state index contributed by atoms with van der Waals surface area (Å²) >= 11 is 3.42. The molecule has 0 saturated heterocycles. The van der Waals surface area contributed by atoms with Gasteiger partial charge in [-0.05, 0) is 47.4 Å². The topological polar surface area (TPSA) is 42.0 Å². The highest BCUT2D eigenvalue weighted by Gasteiger charge is 2.04. The average Bonchev–Trinajstić information content (AvgIpc) is 3.18. The van der Waals surface area contributed by atoms with Gasteiger partial charge in [0, 0.05) is 19.4 Å². The molecule has 1 N–H and O–H groups in total. The van der Waals surface area contributed by atoms with E-state index in [9.17, 15) is 4.79 Å². The van der Waals surface area contributed by atoms with Crippen LogP contribution in [0.25, 0.3) is 10.2 Å². The first-order valence-electron chi connectivity index (χ1n) is 7.43. The van der Waals surface area contributed by atoms with Crippen molar-refractivity contribution in [3.63, 3.8) is 0 Å². The lowest BCUT2D eigenvalue weighted by atomic mass is 10.2. The third-order valence-corrected chi connectivity index (χ3v) is 5.28. The predicted octanol–water partition coefficient (Wildman–Crippen LogP) is 4.04. The highest BCUT2D eigenvalue weighted by atomic mass is 32.1. The van der Waals surface area contributed by atoms with Gasteiger partial charge in [0.15, 0.2) is 0 Å². The fourth-order valence-electron chi connectivity index (χ4n) is 2.28. The first-order chi connectivity index (χ1) is 10.8. The predicted molar refractivity (Wildman–Crippen MR) is 93.6 cm³/mol. The minimum Gasteiger partial charge on any atom is -0.356 e. The molecule has 0 aliphatic carbocycles. The maximum absolute atomic E-state index is 11.8. The molecule has 0 aliphatic heterocycles. The van der Waals surface area contributed by atoms with Crippen LogP contribution in [0.15, 0.2) is 41.1 Å². The number of hydrogen-bond acceptors (Lipinski definition) is 4. The first kappa shape index (κ1) is 15.2. The van der Waals surface area contributed by atoms with E-state index in [-0.39, 0.29) is 5.91 Å². The van der Waals surface area contributed by atoms with E-state index in [1.165, 1.54) is 10.3 Å². The van der Waals surface area contributed by atoms with E-state index in [4.69, 9.17) is 0 Å². The van der Waals surface area contributed by atoms with Crippen LogP contribution < -0.4 is 5.32 Å². The molecule has 0 fully saturated rings. The van der Waals surface area contributed by atoms with Crippen LogP contribution in [-0.2, 0) is 17.6 Å². The number of nitrogens with zero attached hydrogens (tertiary/aromatic N) is 1. The van der Waals surface area contributed by atoms with E-state index in [1.54, 1.807) is 22.7 Å². The lowest BCUT2D eigenvalue weighted by molar-refractivity contribution is -0.121. The highest BCUT2D eigenvalue weighted by Crippen LogP contribution is 2.22. The Morgan fingerprint density at radius 2 is 2.09 bits per heavy atom. The lowest BCUT2D eigenvalue weighted by Gasteiger charge is -2.03. The van der Waals surface area contributed by atoms with Gasteiger partial charge in [-0.1, -0.05) is 12.1 Å². The smallest absolute Gasteiger partial charge is 0.220 e. The number of aromatic nitrogens is 1. The summed E-state index contributed by atoms with van der Waals surface area (Å²) in [5, 5.41) is 8.28. The molecule has 2 heterocycles. The van der Waals surface area contributed by atoms with Gasteiger partial charge in [0.2, 0.25) is 5.91 Å². The highest BCUT2D eigenvalue weighted by molar-refractivity contribution is 7.18. The summed E-state index contributed by atoms with van der Waals surface area (Å²) in [4.78, 5) is 16.4. The molecular weight excluding hydrogens is 312 g/mol. The molecule has 0 radical (unpaired) electrons. The number of fused-ring (bicyclic) bond motifs is 1.